The van der Waals surface area contributed by atoms with Crippen LogP contribution in [0.4, 0.5) is 35.2 Å². The normalized spacial score (nSPS) is 12.1. The van der Waals surface area contributed by atoms with E-state index >= 15 is 0 Å². The third-order valence-corrected chi connectivity index (χ3v) is 5.61. The lowest BCUT2D eigenvalue weighted by molar-refractivity contribution is -0.274. The molecule has 200 valence electrons. The van der Waals surface area contributed by atoms with Crippen LogP contribution in [0.25, 0.3) is 6.08 Å². The number of nitrogens with zero attached hydrogens (tertiary/aromatic N) is 4. The summed E-state index contributed by atoms with van der Waals surface area (Å²) in [6.07, 6.45) is -1.39. The summed E-state index contributed by atoms with van der Waals surface area (Å²) in [4.78, 5) is 13.9. The Morgan fingerprint density at radius 1 is 1.08 bits per heavy atom. The maximum atomic E-state index is 12.3. The van der Waals surface area contributed by atoms with Crippen molar-refractivity contribution in [2.24, 2.45) is 4.40 Å². The quantitative estimate of drug-likeness (QED) is 0.220. The van der Waals surface area contributed by atoms with Gasteiger partial charge in [-0.25, -0.2) is 9.19 Å². The number of amides is 2. The fourth-order valence-electron chi connectivity index (χ4n) is 3.31. The second kappa shape index (κ2) is 13.0. The fraction of sp³-hybridized carbons (Fsp3) is 0.231. The molecule has 38 heavy (non-hydrogen) atoms. The summed E-state index contributed by atoms with van der Waals surface area (Å²) >= 11 is 0.894. The maximum absolute atomic E-state index is 12.3. The van der Waals surface area contributed by atoms with Gasteiger partial charge < -0.3 is 15.0 Å². The Morgan fingerprint density at radius 3 is 2.42 bits per heavy atom. The molecule has 0 aliphatic heterocycles. The number of halogens is 3. The van der Waals surface area contributed by atoms with E-state index in [1.807, 2.05) is 31.2 Å². The first kappa shape index (κ1) is 28.5. The smallest absolute Gasteiger partial charge is 0.406 e. The third kappa shape index (κ3) is 8.80. The molecule has 0 unspecified atom stereocenters. The van der Waals surface area contributed by atoms with Gasteiger partial charge in [-0.2, -0.15) is 0 Å². The first-order valence-corrected chi connectivity index (χ1v) is 12.3. The van der Waals surface area contributed by atoms with Gasteiger partial charge in [-0.15, -0.1) is 23.4 Å². The lowest BCUT2D eigenvalue weighted by atomic mass is 10.0. The van der Waals surface area contributed by atoms with Crippen molar-refractivity contribution in [1.82, 2.24) is 14.9 Å². The van der Waals surface area contributed by atoms with Crippen LogP contribution in [0.3, 0.4) is 0 Å². The highest BCUT2D eigenvalue weighted by Crippen LogP contribution is 2.27. The summed E-state index contributed by atoms with van der Waals surface area (Å²) in [5.41, 5.74) is 3.77. The molecular weight excluding hydrogens is 517 g/mol. The van der Waals surface area contributed by atoms with Crippen LogP contribution < -0.4 is 19.7 Å². The number of ether oxygens (including phenoxy) is 1. The standard InChI is InChI=1S/C26H27F3N6O2S/c1-17(2)22-7-5-6-8-23(22)31-25(36)34-38-30-16-18(3)15-19-9-14-24(33-32-19)35(4)20-10-12-21(13-11-20)37-26(27,28)29/h5-17H,1-4H3,(H2,31,34,36)/b18-15+,30-16?. The number of aromatic nitrogens is 2. The predicted molar refractivity (Wildman–Crippen MR) is 146 cm³/mol. The van der Waals surface area contributed by atoms with Crippen LogP contribution >= 0.6 is 12.1 Å². The lowest BCUT2D eigenvalue weighted by Gasteiger charge is -2.18. The first-order chi connectivity index (χ1) is 18.0. The molecule has 0 aliphatic carbocycles. The van der Waals surface area contributed by atoms with E-state index in [-0.39, 0.29) is 17.7 Å². The molecule has 0 saturated heterocycles. The number of alkyl halides is 3. The molecule has 0 fully saturated rings. The zero-order valence-electron chi connectivity index (χ0n) is 21.2. The van der Waals surface area contributed by atoms with Gasteiger partial charge in [0.25, 0.3) is 0 Å². The van der Waals surface area contributed by atoms with Crippen LogP contribution in [-0.4, -0.2) is 35.9 Å². The summed E-state index contributed by atoms with van der Waals surface area (Å²) in [7, 11) is 1.72. The Morgan fingerprint density at radius 2 is 1.79 bits per heavy atom. The van der Waals surface area contributed by atoms with Crippen molar-refractivity contribution < 1.29 is 22.7 Å². The van der Waals surface area contributed by atoms with Crippen LogP contribution in [-0.2, 0) is 0 Å². The van der Waals surface area contributed by atoms with Crippen LogP contribution in [0.2, 0.25) is 0 Å². The highest BCUT2D eigenvalue weighted by atomic mass is 32.2. The summed E-state index contributed by atoms with van der Waals surface area (Å²) < 4.78 is 47.6. The molecule has 8 nitrogen and oxygen atoms in total. The van der Waals surface area contributed by atoms with Crippen molar-refractivity contribution in [3.8, 4) is 5.75 Å². The Balaban J connectivity index is 1.51. The Kier molecular flexibility index (Phi) is 9.72. The van der Waals surface area contributed by atoms with E-state index in [0.29, 0.717) is 17.2 Å². The molecule has 2 amide bonds. The Labute approximate surface area is 223 Å². The summed E-state index contributed by atoms with van der Waals surface area (Å²) in [5, 5.41) is 11.2. The van der Waals surface area contributed by atoms with Crippen LogP contribution in [0.1, 0.15) is 37.9 Å². The summed E-state index contributed by atoms with van der Waals surface area (Å²) in [6.45, 7) is 5.94. The number of carbonyl (C=O) groups is 1. The number of urea groups is 1. The van der Waals surface area contributed by atoms with E-state index < -0.39 is 6.36 Å². The largest absolute Gasteiger partial charge is 0.573 e. The SMILES string of the molecule is C/C(C=NSNC(=O)Nc1ccccc1C(C)C)=C\c1ccc(N(C)c2ccc(OC(F)(F)F)cc2)nn1. The molecule has 0 saturated carbocycles. The molecule has 3 aromatic rings. The molecule has 0 bridgehead atoms. The van der Waals surface area contributed by atoms with Crippen LogP contribution in [0, 0.1) is 0 Å². The lowest BCUT2D eigenvalue weighted by Crippen LogP contribution is -2.23. The minimum Gasteiger partial charge on any atom is -0.406 e. The molecular formula is C26H27F3N6O2S. The highest BCUT2D eigenvalue weighted by Gasteiger charge is 2.31. The number of rotatable bonds is 9. The van der Waals surface area contributed by atoms with Crippen LogP contribution in [0.15, 0.2) is 70.6 Å². The number of benzene rings is 2. The van der Waals surface area contributed by atoms with Crippen molar-refractivity contribution in [2.45, 2.75) is 33.1 Å². The molecule has 12 heteroatoms. The zero-order valence-corrected chi connectivity index (χ0v) is 22.0. The van der Waals surface area contributed by atoms with Gasteiger partial charge >= 0.3 is 12.4 Å². The van der Waals surface area contributed by atoms with Gasteiger partial charge in [-0.3, -0.25) is 4.72 Å². The second-order valence-corrected chi connectivity index (χ2v) is 9.03. The van der Waals surface area contributed by atoms with E-state index in [2.05, 4.69) is 43.2 Å². The minimum atomic E-state index is -4.74. The number of para-hydroxylation sites is 1. The number of hydrogen-bond acceptors (Lipinski definition) is 7. The van der Waals surface area contributed by atoms with Gasteiger partial charge in [0.15, 0.2) is 5.82 Å². The maximum Gasteiger partial charge on any atom is 0.573 e. The molecule has 1 heterocycles. The van der Waals surface area contributed by atoms with Crippen molar-refractivity contribution in [3.63, 3.8) is 0 Å². The Hall–Kier alpha value is -4.06. The fourth-order valence-corrected chi connectivity index (χ4v) is 3.71. The average Bonchev–Trinajstić information content (AvgIpc) is 2.86. The van der Waals surface area contributed by atoms with Crippen molar-refractivity contribution in [1.29, 1.82) is 0 Å². The first-order valence-electron chi connectivity index (χ1n) is 11.5. The van der Waals surface area contributed by atoms with Crippen molar-refractivity contribution in [3.05, 3.63) is 77.5 Å². The number of nitrogens with one attached hydrogen (secondary N) is 2. The Bertz CT molecular complexity index is 1280. The van der Waals surface area contributed by atoms with Gasteiger partial charge in [0.2, 0.25) is 0 Å². The van der Waals surface area contributed by atoms with Gasteiger partial charge in [0.05, 0.1) is 17.8 Å². The van der Waals surface area contributed by atoms with Gasteiger partial charge in [-0.1, -0.05) is 32.0 Å². The molecule has 0 atom stereocenters. The van der Waals surface area contributed by atoms with E-state index in [4.69, 9.17) is 0 Å². The second-order valence-electron chi connectivity index (χ2n) is 8.43. The van der Waals surface area contributed by atoms with Gasteiger partial charge in [0, 0.05) is 24.6 Å². The number of allylic oxidation sites excluding steroid dienone is 1. The molecule has 2 N–H and O–H groups in total. The average molecular weight is 545 g/mol. The molecule has 1 aromatic heterocycles. The van der Waals surface area contributed by atoms with E-state index in [0.717, 1.165) is 29.0 Å². The van der Waals surface area contributed by atoms with E-state index in [1.54, 1.807) is 36.4 Å². The summed E-state index contributed by atoms with van der Waals surface area (Å²) in [5.74, 6) is 0.474. The third-order valence-electron chi connectivity index (χ3n) is 5.13. The molecule has 3 rings (SSSR count). The zero-order chi connectivity index (χ0) is 27.7. The number of anilines is 3. The number of hydrogen-bond donors (Lipinski definition) is 2. The molecule has 0 radical (unpaired) electrons. The van der Waals surface area contributed by atoms with Gasteiger partial charge in [0.1, 0.15) is 5.75 Å². The monoisotopic (exact) mass is 544 g/mol. The minimum absolute atomic E-state index is 0.274. The van der Waals surface area contributed by atoms with E-state index in [9.17, 15) is 18.0 Å². The molecule has 2 aromatic carbocycles. The van der Waals surface area contributed by atoms with Crippen LogP contribution in [0.5, 0.6) is 5.75 Å². The topological polar surface area (TPSA) is 91.7 Å². The molecule has 0 spiro atoms. The predicted octanol–water partition coefficient (Wildman–Crippen LogP) is 7.13. The number of carbonyl (C=O) groups excluding carboxylic acids is 1. The van der Waals surface area contributed by atoms with Gasteiger partial charge in [-0.05, 0) is 72.5 Å². The van der Waals surface area contributed by atoms with Crippen molar-refractivity contribution >= 4 is 47.6 Å². The summed E-state index contributed by atoms with van der Waals surface area (Å²) in [6, 6.07) is 16.2. The molecule has 0 aliphatic rings. The van der Waals surface area contributed by atoms with E-state index in [1.165, 1.54) is 24.3 Å². The highest BCUT2D eigenvalue weighted by molar-refractivity contribution is 7.96. The van der Waals surface area contributed by atoms with Crippen molar-refractivity contribution in [2.75, 3.05) is 17.3 Å².